The highest BCUT2D eigenvalue weighted by Crippen LogP contribution is 2.15. The van der Waals surface area contributed by atoms with Crippen molar-refractivity contribution in [2.75, 3.05) is 6.61 Å². The van der Waals surface area contributed by atoms with Crippen LogP contribution in [0.3, 0.4) is 0 Å². The molecule has 1 amide bonds. The van der Waals surface area contributed by atoms with Gasteiger partial charge in [0.15, 0.2) is 0 Å². The predicted octanol–water partition coefficient (Wildman–Crippen LogP) is 14.7. The summed E-state index contributed by atoms with van der Waals surface area (Å²) in [7, 11) is 0. The Hall–Kier alpha value is -1.65. The Morgan fingerprint density at radius 1 is 0.453 bits per heavy atom. The molecule has 0 saturated carbocycles. The molecule has 0 radical (unpaired) electrons. The van der Waals surface area contributed by atoms with Gasteiger partial charge in [-0.05, 0) is 64.2 Å². The second-order valence-corrected chi connectivity index (χ2v) is 15.8. The number of hydrogen-bond acceptors (Lipinski definition) is 3. The van der Waals surface area contributed by atoms with Gasteiger partial charge >= 0.3 is 0 Å². The van der Waals surface area contributed by atoms with Gasteiger partial charge in [-0.3, -0.25) is 4.79 Å². The predicted molar refractivity (Wildman–Crippen MR) is 235 cm³/mol. The zero-order valence-electron chi connectivity index (χ0n) is 35.5. The van der Waals surface area contributed by atoms with E-state index in [1.807, 2.05) is 6.08 Å². The molecular formula is C49H91NO3. The minimum atomic E-state index is -0.862. The van der Waals surface area contributed by atoms with Crippen molar-refractivity contribution in [1.29, 1.82) is 0 Å². The molecule has 2 atom stereocenters. The molecule has 4 heteroatoms. The van der Waals surface area contributed by atoms with Crippen molar-refractivity contribution >= 4 is 5.91 Å². The van der Waals surface area contributed by atoms with Crippen molar-refractivity contribution in [3.05, 3.63) is 48.6 Å². The summed E-state index contributed by atoms with van der Waals surface area (Å²) >= 11 is 0. The highest BCUT2D eigenvalue weighted by atomic mass is 16.3. The summed E-state index contributed by atoms with van der Waals surface area (Å²) in [6.45, 7) is 4.29. The minimum Gasteiger partial charge on any atom is -0.394 e. The van der Waals surface area contributed by atoms with Crippen LogP contribution in [0.5, 0.6) is 0 Å². The number of amides is 1. The molecule has 0 rings (SSSR count). The number of aliphatic hydroxyl groups is 2. The first-order valence-corrected chi connectivity index (χ1v) is 23.4. The summed E-state index contributed by atoms with van der Waals surface area (Å²) in [5.74, 6) is -0.0746. The molecule has 3 N–H and O–H groups in total. The largest absolute Gasteiger partial charge is 0.394 e. The van der Waals surface area contributed by atoms with Crippen LogP contribution in [0.1, 0.15) is 239 Å². The Bertz CT molecular complexity index is 847. The fraction of sp³-hybridized carbons (Fsp3) is 0.816. The molecule has 0 aromatic heterocycles. The molecule has 53 heavy (non-hydrogen) atoms. The van der Waals surface area contributed by atoms with Gasteiger partial charge in [0.05, 0.1) is 18.8 Å². The number of rotatable bonds is 42. The first-order valence-electron chi connectivity index (χ1n) is 23.4. The monoisotopic (exact) mass is 742 g/mol. The number of allylic oxidation sites excluding steroid dienone is 7. The van der Waals surface area contributed by atoms with Crippen LogP contribution < -0.4 is 5.32 Å². The van der Waals surface area contributed by atoms with Crippen molar-refractivity contribution in [2.24, 2.45) is 0 Å². The average Bonchev–Trinajstić information content (AvgIpc) is 3.16. The molecule has 2 unspecified atom stereocenters. The standard InChI is InChI=1S/C49H91NO3/c1-3-5-7-9-11-13-15-17-19-21-22-23-24-25-26-27-28-29-31-33-35-37-39-41-43-45-49(53)50-47(46-51)48(52)44-42-40-38-36-34-32-30-20-18-16-14-12-10-8-6-4-2/h15,17,21-22,34,36,42,44,47-48,51-52H,3-14,16,18-20,23-33,35,37-41,43,45-46H2,1-2H3,(H,50,53)/b17-15-,22-21-,36-34+,44-42+. The Morgan fingerprint density at radius 3 is 1.21 bits per heavy atom. The summed E-state index contributed by atoms with van der Waals surface area (Å²) in [6, 6.07) is -0.639. The number of unbranched alkanes of at least 4 members (excludes halogenated alkanes) is 29. The van der Waals surface area contributed by atoms with Gasteiger partial charge in [0.25, 0.3) is 0 Å². The van der Waals surface area contributed by atoms with Crippen molar-refractivity contribution in [3.63, 3.8) is 0 Å². The average molecular weight is 742 g/mol. The van der Waals surface area contributed by atoms with E-state index in [4.69, 9.17) is 0 Å². The molecule has 0 heterocycles. The van der Waals surface area contributed by atoms with Crippen LogP contribution >= 0.6 is 0 Å². The van der Waals surface area contributed by atoms with Gasteiger partial charge in [-0.1, -0.05) is 217 Å². The molecule has 0 aromatic carbocycles. The van der Waals surface area contributed by atoms with Gasteiger partial charge in [-0.2, -0.15) is 0 Å². The van der Waals surface area contributed by atoms with E-state index in [2.05, 4.69) is 55.6 Å². The molecule has 310 valence electrons. The third kappa shape index (κ3) is 41.4. The number of aliphatic hydroxyl groups excluding tert-OH is 2. The minimum absolute atomic E-state index is 0.0746. The molecule has 4 nitrogen and oxygen atoms in total. The Labute approximate surface area is 331 Å². The maximum atomic E-state index is 12.4. The van der Waals surface area contributed by atoms with Crippen LogP contribution in [0, 0.1) is 0 Å². The SMILES string of the molecule is CCCCCCC/C=C\C/C=C\CCCCCCCCCCCCCCCC(=O)NC(CO)C(O)/C=C/CC/C=C/CCCCCCCCCCCC. The Morgan fingerprint density at radius 2 is 0.792 bits per heavy atom. The fourth-order valence-electron chi connectivity index (χ4n) is 6.93. The van der Waals surface area contributed by atoms with Crippen LogP contribution in [0.15, 0.2) is 48.6 Å². The molecule has 0 aliphatic heterocycles. The lowest BCUT2D eigenvalue weighted by Crippen LogP contribution is -2.45. The van der Waals surface area contributed by atoms with Gasteiger partial charge < -0.3 is 15.5 Å². The topological polar surface area (TPSA) is 69.6 Å². The lowest BCUT2D eigenvalue weighted by atomic mass is 10.0. The van der Waals surface area contributed by atoms with E-state index in [-0.39, 0.29) is 12.5 Å². The van der Waals surface area contributed by atoms with E-state index in [0.717, 1.165) is 38.5 Å². The maximum Gasteiger partial charge on any atom is 0.220 e. The van der Waals surface area contributed by atoms with Gasteiger partial charge in [-0.15, -0.1) is 0 Å². The quantitative estimate of drug-likeness (QED) is 0.0431. The van der Waals surface area contributed by atoms with E-state index < -0.39 is 12.1 Å². The third-order valence-corrected chi connectivity index (χ3v) is 10.5. The van der Waals surface area contributed by atoms with E-state index >= 15 is 0 Å². The lowest BCUT2D eigenvalue weighted by Gasteiger charge is -2.19. The Balaban J connectivity index is 3.56. The van der Waals surface area contributed by atoms with Gasteiger partial charge in [0.1, 0.15) is 0 Å². The zero-order valence-corrected chi connectivity index (χ0v) is 35.5. The smallest absolute Gasteiger partial charge is 0.220 e. The van der Waals surface area contributed by atoms with Crippen molar-refractivity contribution in [1.82, 2.24) is 5.32 Å². The molecule has 0 aromatic rings. The molecule has 0 saturated heterocycles. The molecule has 0 fully saturated rings. The number of carbonyl (C=O) groups excluding carboxylic acids is 1. The van der Waals surface area contributed by atoms with E-state index in [1.54, 1.807) is 6.08 Å². The molecule has 0 spiro atoms. The summed E-state index contributed by atoms with van der Waals surface area (Å²) in [5, 5.41) is 23.0. The number of nitrogens with one attached hydrogen (secondary N) is 1. The van der Waals surface area contributed by atoms with E-state index in [9.17, 15) is 15.0 Å². The maximum absolute atomic E-state index is 12.4. The third-order valence-electron chi connectivity index (χ3n) is 10.5. The fourth-order valence-corrected chi connectivity index (χ4v) is 6.93. The number of hydrogen-bond donors (Lipinski definition) is 3. The summed E-state index contributed by atoms with van der Waals surface area (Å²) in [4.78, 5) is 12.4. The molecule has 0 aliphatic carbocycles. The van der Waals surface area contributed by atoms with Gasteiger partial charge in [0, 0.05) is 6.42 Å². The van der Waals surface area contributed by atoms with Crippen LogP contribution in [-0.4, -0.2) is 34.9 Å². The number of carbonyl (C=O) groups is 1. The summed E-state index contributed by atoms with van der Waals surface area (Å²) in [6.07, 6.45) is 60.9. The van der Waals surface area contributed by atoms with E-state index in [0.29, 0.717) is 6.42 Å². The first-order chi connectivity index (χ1) is 26.2. The van der Waals surface area contributed by atoms with Crippen molar-refractivity contribution in [2.45, 2.75) is 251 Å². The Kier molecular flexibility index (Phi) is 43.4. The second-order valence-electron chi connectivity index (χ2n) is 15.8. The van der Waals surface area contributed by atoms with E-state index in [1.165, 1.54) is 180 Å². The normalized spacial score (nSPS) is 13.4. The van der Waals surface area contributed by atoms with Crippen LogP contribution in [-0.2, 0) is 4.79 Å². The van der Waals surface area contributed by atoms with Crippen LogP contribution in [0.25, 0.3) is 0 Å². The van der Waals surface area contributed by atoms with Crippen LogP contribution in [0.2, 0.25) is 0 Å². The molecular weight excluding hydrogens is 651 g/mol. The highest BCUT2D eigenvalue weighted by molar-refractivity contribution is 5.76. The molecule has 0 aliphatic rings. The highest BCUT2D eigenvalue weighted by Gasteiger charge is 2.17. The zero-order chi connectivity index (χ0) is 38.6. The van der Waals surface area contributed by atoms with Crippen molar-refractivity contribution < 1.29 is 15.0 Å². The lowest BCUT2D eigenvalue weighted by molar-refractivity contribution is -0.123. The van der Waals surface area contributed by atoms with Gasteiger partial charge in [0.2, 0.25) is 5.91 Å². The summed E-state index contributed by atoms with van der Waals surface area (Å²) in [5.41, 5.74) is 0. The van der Waals surface area contributed by atoms with Gasteiger partial charge in [-0.25, -0.2) is 0 Å². The second kappa shape index (κ2) is 44.7. The van der Waals surface area contributed by atoms with Crippen molar-refractivity contribution in [3.8, 4) is 0 Å². The first kappa shape index (κ1) is 51.4. The molecule has 0 bridgehead atoms. The summed E-state index contributed by atoms with van der Waals surface area (Å²) < 4.78 is 0. The van der Waals surface area contributed by atoms with Crippen LogP contribution in [0.4, 0.5) is 0 Å².